The third-order valence-electron chi connectivity index (χ3n) is 2.76. The highest BCUT2D eigenvalue weighted by Crippen LogP contribution is 2.01. The van der Waals surface area contributed by atoms with Crippen molar-refractivity contribution in [3.05, 3.63) is 47.8 Å². The number of aryl methyl sites for hydroxylation is 1. The van der Waals surface area contributed by atoms with E-state index in [1.54, 1.807) is 24.3 Å². The van der Waals surface area contributed by atoms with Crippen LogP contribution in [0.15, 0.2) is 36.5 Å². The Kier molecular flexibility index (Phi) is 5.16. The smallest absolute Gasteiger partial charge is 0.358 e. The number of carbonyl (C=O) groups excluding carboxylic acids is 1. The van der Waals surface area contributed by atoms with Crippen LogP contribution in [0, 0.1) is 0 Å². The second-order valence-corrected chi connectivity index (χ2v) is 4.37. The van der Waals surface area contributed by atoms with Crippen molar-refractivity contribution >= 4 is 11.8 Å². The van der Waals surface area contributed by atoms with Gasteiger partial charge in [-0.2, -0.15) is 0 Å². The molecule has 0 unspecified atom stereocenters. The lowest BCUT2D eigenvalue weighted by Gasteiger charge is -2.03. The number of nitrogens with zero attached hydrogens (tertiary/aromatic N) is 3. The number of carboxylic acid groups (broad SMARTS) is 1. The number of hydrogen-bond acceptors (Lipinski definition) is 5. The molecule has 1 aromatic carbocycles. The van der Waals surface area contributed by atoms with Crippen LogP contribution >= 0.6 is 0 Å². The average molecular weight is 289 g/mol. The maximum Gasteiger partial charge on any atom is 0.358 e. The summed E-state index contributed by atoms with van der Waals surface area (Å²) in [5, 5.41) is 15.9. The molecule has 0 aliphatic rings. The molecular formula is C14H15N3O4. The van der Waals surface area contributed by atoms with Gasteiger partial charge in [0.25, 0.3) is 0 Å². The van der Waals surface area contributed by atoms with Gasteiger partial charge >= 0.3 is 5.97 Å². The molecule has 1 aromatic heterocycles. The molecule has 21 heavy (non-hydrogen) atoms. The van der Waals surface area contributed by atoms with Crippen LogP contribution < -0.4 is 0 Å². The minimum atomic E-state index is -1.11. The maximum absolute atomic E-state index is 11.7. The normalized spacial score (nSPS) is 10.5. The van der Waals surface area contributed by atoms with E-state index in [9.17, 15) is 9.59 Å². The Hall–Kier alpha value is -2.54. The number of rotatable bonds is 8. The summed E-state index contributed by atoms with van der Waals surface area (Å²) in [5.41, 5.74) is 0.537. The summed E-state index contributed by atoms with van der Waals surface area (Å²) in [6.45, 7) is 0.905. The van der Waals surface area contributed by atoms with Crippen molar-refractivity contribution < 1.29 is 19.4 Å². The van der Waals surface area contributed by atoms with E-state index in [-0.39, 0.29) is 18.1 Å². The van der Waals surface area contributed by atoms with E-state index in [4.69, 9.17) is 9.84 Å². The van der Waals surface area contributed by atoms with E-state index in [0.29, 0.717) is 25.1 Å². The summed E-state index contributed by atoms with van der Waals surface area (Å²) >= 11 is 0. The van der Waals surface area contributed by atoms with Crippen molar-refractivity contribution in [1.29, 1.82) is 0 Å². The molecule has 0 fully saturated rings. The van der Waals surface area contributed by atoms with Gasteiger partial charge < -0.3 is 9.84 Å². The summed E-state index contributed by atoms with van der Waals surface area (Å²) in [6, 6.07) is 8.94. The van der Waals surface area contributed by atoms with Gasteiger partial charge in [0.05, 0.1) is 6.20 Å². The Morgan fingerprint density at radius 3 is 2.67 bits per heavy atom. The molecule has 7 heteroatoms. The number of Topliss-reactive ketones (excluding diaryl/α,β-unsaturated/α-hetero) is 1. The quantitative estimate of drug-likeness (QED) is 0.581. The zero-order valence-corrected chi connectivity index (χ0v) is 11.3. The van der Waals surface area contributed by atoms with Gasteiger partial charge in [-0.25, -0.2) is 4.79 Å². The predicted octanol–water partition coefficient (Wildman–Crippen LogP) is 1.27. The summed E-state index contributed by atoms with van der Waals surface area (Å²) in [6.07, 6.45) is 1.97. The van der Waals surface area contributed by atoms with Crippen LogP contribution in [0.1, 0.15) is 27.3 Å². The van der Waals surface area contributed by atoms with Crippen LogP contribution in [0.4, 0.5) is 0 Å². The fraction of sp³-hybridized carbons (Fsp3) is 0.286. The van der Waals surface area contributed by atoms with Gasteiger partial charge in [0.2, 0.25) is 0 Å². The monoisotopic (exact) mass is 289 g/mol. The van der Waals surface area contributed by atoms with E-state index in [1.165, 1.54) is 10.9 Å². The lowest BCUT2D eigenvalue weighted by molar-refractivity contribution is 0.0689. The van der Waals surface area contributed by atoms with Gasteiger partial charge in [0.1, 0.15) is 6.61 Å². The van der Waals surface area contributed by atoms with Crippen LogP contribution in [0.25, 0.3) is 0 Å². The van der Waals surface area contributed by atoms with Gasteiger partial charge in [-0.05, 0) is 6.42 Å². The second kappa shape index (κ2) is 7.30. The maximum atomic E-state index is 11.7. The van der Waals surface area contributed by atoms with E-state index in [0.717, 1.165) is 0 Å². The van der Waals surface area contributed by atoms with Crippen LogP contribution in [0.2, 0.25) is 0 Å². The molecule has 0 bridgehead atoms. The minimum absolute atomic E-state index is 0.0295. The first-order valence-electron chi connectivity index (χ1n) is 6.46. The van der Waals surface area contributed by atoms with Gasteiger partial charge in [-0.3, -0.25) is 9.48 Å². The molecule has 0 radical (unpaired) electrons. The molecule has 1 N–H and O–H groups in total. The van der Waals surface area contributed by atoms with Gasteiger partial charge in [-0.1, -0.05) is 35.5 Å². The molecule has 0 spiro atoms. The summed E-state index contributed by atoms with van der Waals surface area (Å²) < 4.78 is 6.73. The lowest BCUT2D eigenvalue weighted by Crippen LogP contribution is -2.11. The zero-order chi connectivity index (χ0) is 15.1. The molecule has 7 nitrogen and oxygen atoms in total. The first-order chi connectivity index (χ1) is 10.2. The molecule has 0 amide bonds. The van der Waals surface area contributed by atoms with Crippen molar-refractivity contribution in [3.63, 3.8) is 0 Å². The van der Waals surface area contributed by atoms with E-state index in [2.05, 4.69) is 10.3 Å². The Morgan fingerprint density at radius 2 is 2.00 bits per heavy atom. The topological polar surface area (TPSA) is 94.3 Å². The number of ketones is 1. The fourth-order valence-corrected chi connectivity index (χ4v) is 1.71. The van der Waals surface area contributed by atoms with E-state index in [1.807, 2.05) is 6.07 Å². The first kappa shape index (κ1) is 14.9. The van der Waals surface area contributed by atoms with E-state index < -0.39 is 5.97 Å². The van der Waals surface area contributed by atoms with Gasteiger partial charge in [0, 0.05) is 18.7 Å². The number of aromatic nitrogens is 3. The highest BCUT2D eigenvalue weighted by atomic mass is 16.5. The molecule has 2 rings (SSSR count). The molecule has 0 aliphatic heterocycles. The Morgan fingerprint density at radius 1 is 1.24 bits per heavy atom. The number of ether oxygens (including phenoxy) is 1. The van der Waals surface area contributed by atoms with Gasteiger partial charge in [0.15, 0.2) is 11.5 Å². The van der Waals surface area contributed by atoms with Crippen molar-refractivity contribution in [2.24, 2.45) is 0 Å². The fourth-order valence-electron chi connectivity index (χ4n) is 1.71. The number of carboxylic acids is 1. The largest absolute Gasteiger partial charge is 0.476 e. The standard InChI is InChI=1S/C14H15N3O4/c18-13(11-5-2-1-3-6-11)10-21-8-4-7-17-9-12(14(19)20)15-16-17/h1-3,5-6,9H,4,7-8,10H2,(H,19,20). The lowest BCUT2D eigenvalue weighted by atomic mass is 10.1. The third-order valence-corrected chi connectivity index (χ3v) is 2.76. The minimum Gasteiger partial charge on any atom is -0.476 e. The third kappa shape index (κ3) is 4.50. The zero-order valence-electron chi connectivity index (χ0n) is 11.3. The Labute approximate surface area is 121 Å². The SMILES string of the molecule is O=C(COCCCn1cc(C(=O)O)nn1)c1ccccc1. The summed E-state index contributed by atoms with van der Waals surface area (Å²) in [4.78, 5) is 22.4. The molecule has 2 aromatic rings. The Balaban J connectivity index is 1.66. The number of hydrogen-bond donors (Lipinski definition) is 1. The van der Waals surface area contributed by atoms with Crippen molar-refractivity contribution in [1.82, 2.24) is 15.0 Å². The molecule has 110 valence electrons. The molecule has 1 heterocycles. The van der Waals surface area contributed by atoms with Crippen molar-refractivity contribution in [3.8, 4) is 0 Å². The molecule has 0 atom stereocenters. The number of aromatic carboxylic acids is 1. The molecular weight excluding hydrogens is 274 g/mol. The summed E-state index contributed by atoms with van der Waals surface area (Å²) in [5.74, 6) is -1.17. The predicted molar refractivity (Wildman–Crippen MR) is 73.2 cm³/mol. The van der Waals surface area contributed by atoms with Crippen LogP contribution in [0.5, 0.6) is 0 Å². The van der Waals surface area contributed by atoms with Crippen LogP contribution in [0.3, 0.4) is 0 Å². The highest BCUT2D eigenvalue weighted by molar-refractivity contribution is 5.96. The number of carbonyl (C=O) groups is 2. The number of benzene rings is 1. The highest BCUT2D eigenvalue weighted by Gasteiger charge is 2.08. The second-order valence-electron chi connectivity index (χ2n) is 4.37. The van der Waals surface area contributed by atoms with E-state index >= 15 is 0 Å². The van der Waals surface area contributed by atoms with Crippen LogP contribution in [-0.4, -0.2) is 45.1 Å². The summed E-state index contributed by atoms with van der Waals surface area (Å²) in [7, 11) is 0. The average Bonchev–Trinajstić information content (AvgIpc) is 2.97. The molecule has 0 aliphatic carbocycles. The van der Waals surface area contributed by atoms with Gasteiger partial charge in [-0.15, -0.1) is 5.10 Å². The molecule has 0 saturated carbocycles. The first-order valence-corrected chi connectivity index (χ1v) is 6.46. The molecule has 0 saturated heterocycles. The van der Waals surface area contributed by atoms with Crippen molar-refractivity contribution in [2.45, 2.75) is 13.0 Å². The van der Waals surface area contributed by atoms with Crippen LogP contribution in [-0.2, 0) is 11.3 Å². The Bertz CT molecular complexity index is 610. The van der Waals surface area contributed by atoms with Crippen molar-refractivity contribution in [2.75, 3.05) is 13.2 Å².